The van der Waals surface area contributed by atoms with Crippen molar-refractivity contribution >= 4 is 5.95 Å². The Morgan fingerprint density at radius 3 is 2.68 bits per heavy atom. The second-order valence-corrected chi connectivity index (χ2v) is 4.23. The number of anilines is 1. The molecule has 2 rings (SSSR count). The van der Waals surface area contributed by atoms with E-state index in [0.717, 1.165) is 24.3 Å². The molecule has 19 heavy (non-hydrogen) atoms. The predicted octanol–water partition coefficient (Wildman–Crippen LogP) is 2.34. The van der Waals surface area contributed by atoms with E-state index < -0.39 is 0 Å². The van der Waals surface area contributed by atoms with Gasteiger partial charge in [0.25, 0.3) is 0 Å². The van der Waals surface area contributed by atoms with E-state index in [1.807, 2.05) is 31.2 Å². The van der Waals surface area contributed by atoms with E-state index in [9.17, 15) is 0 Å². The lowest BCUT2D eigenvalue weighted by molar-refractivity contribution is 0.477. The van der Waals surface area contributed by atoms with Crippen LogP contribution in [0.3, 0.4) is 0 Å². The maximum Gasteiger partial charge on any atom is 0.222 e. The molecule has 0 aliphatic carbocycles. The smallest absolute Gasteiger partial charge is 0.222 e. The fraction of sp³-hybridized carbons (Fsp3) is 0.286. The van der Waals surface area contributed by atoms with Crippen LogP contribution in [-0.4, -0.2) is 23.1 Å². The van der Waals surface area contributed by atoms with E-state index in [4.69, 9.17) is 10.5 Å². The molecule has 0 saturated carbocycles. The summed E-state index contributed by atoms with van der Waals surface area (Å²) >= 11 is 0. The van der Waals surface area contributed by atoms with Crippen LogP contribution in [0.1, 0.15) is 12.0 Å². The zero-order valence-electron chi connectivity index (χ0n) is 11.0. The zero-order chi connectivity index (χ0) is 13.5. The minimum absolute atomic E-state index is 0.588. The molecule has 3 N–H and O–H groups in total. The number of aromatic nitrogens is 2. The van der Waals surface area contributed by atoms with Crippen molar-refractivity contribution in [3.63, 3.8) is 0 Å². The van der Waals surface area contributed by atoms with Crippen LogP contribution < -0.4 is 15.8 Å². The second kappa shape index (κ2) is 6.70. The molecule has 1 aromatic carbocycles. The quantitative estimate of drug-likeness (QED) is 0.778. The summed E-state index contributed by atoms with van der Waals surface area (Å²) in [4.78, 5) is 8.36. The van der Waals surface area contributed by atoms with Gasteiger partial charge in [-0.05, 0) is 37.6 Å². The Bertz CT molecular complexity index is 513. The Labute approximate surface area is 112 Å². The minimum atomic E-state index is 0.588. The van der Waals surface area contributed by atoms with Crippen molar-refractivity contribution in [3.8, 4) is 11.5 Å². The van der Waals surface area contributed by atoms with Crippen molar-refractivity contribution in [2.45, 2.75) is 13.3 Å². The third kappa shape index (κ3) is 4.22. The predicted molar refractivity (Wildman–Crippen MR) is 75.4 cm³/mol. The number of hydrogen-bond acceptors (Lipinski definition) is 5. The first kappa shape index (κ1) is 13.3. The van der Waals surface area contributed by atoms with Crippen LogP contribution in [0.4, 0.5) is 5.95 Å². The van der Waals surface area contributed by atoms with Gasteiger partial charge in [-0.3, -0.25) is 0 Å². The van der Waals surface area contributed by atoms with Crippen molar-refractivity contribution in [2.24, 2.45) is 5.73 Å². The molecule has 2 aromatic rings. The number of nitrogens with two attached hydrogens (primary N) is 1. The Hall–Kier alpha value is -2.14. The highest BCUT2D eigenvalue weighted by molar-refractivity contribution is 5.33. The number of hydrogen-bond donors (Lipinski definition) is 2. The molecular formula is C14H18N4O. The number of nitrogens with zero attached hydrogens (tertiary/aromatic N) is 2. The van der Waals surface area contributed by atoms with Crippen LogP contribution in [-0.2, 0) is 0 Å². The summed E-state index contributed by atoms with van der Waals surface area (Å²) in [6, 6.07) is 7.84. The summed E-state index contributed by atoms with van der Waals surface area (Å²) in [5.74, 6) is 1.99. The lowest BCUT2D eigenvalue weighted by Gasteiger charge is -2.07. The molecule has 0 unspecified atom stereocenters. The summed E-state index contributed by atoms with van der Waals surface area (Å²) in [5, 5.41) is 3.09. The van der Waals surface area contributed by atoms with E-state index in [1.165, 1.54) is 0 Å². The van der Waals surface area contributed by atoms with Crippen molar-refractivity contribution in [3.05, 3.63) is 42.2 Å². The maximum absolute atomic E-state index is 5.67. The van der Waals surface area contributed by atoms with E-state index in [-0.39, 0.29) is 0 Å². The maximum atomic E-state index is 5.67. The zero-order valence-corrected chi connectivity index (χ0v) is 11.0. The molecule has 100 valence electrons. The van der Waals surface area contributed by atoms with Crippen LogP contribution >= 0.6 is 0 Å². The van der Waals surface area contributed by atoms with Gasteiger partial charge in [-0.15, -0.1) is 0 Å². The first-order valence-corrected chi connectivity index (χ1v) is 6.28. The monoisotopic (exact) mass is 258 g/mol. The van der Waals surface area contributed by atoms with Crippen LogP contribution in [0, 0.1) is 6.92 Å². The number of rotatable bonds is 6. The van der Waals surface area contributed by atoms with Gasteiger partial charge in [-0.1, -0.05) is 12.1 Å². The van der Waals surface area contributed by atoms with E-state index in [2.05, 4.69) is 15.3 Å². The average Bonchev–Trinajstić information content (AvgIpc) is 2.41. The molecule has 0 amide bonds. The molecular weight excluding hydrogens is 240 g/mol. The molecule has 0 aliphatic heterocycles. The summed E-state index contributed by atoms with van der Waals surface area (Å²) in [6.45, 7) is 3.45. The molecule has 0 radical (unpaired) electrons. The van der Waals surface area contributed by atoms with Gasteiger partial charge in [0, 0.05) is 6.54 Å². The first-order valence-electron chi connectivity index (χ1n) is 6.28. The van der Waals surface area contributed by atoms with Gasteiger partial charge in [0.1, 0.15) is 5.75 Å². The van der Waals surface area contributed by atoms with Gasteiger partial charge in [0.2, 0.25) is 5.95 Å². The SMILES string of the molecule is Cc1cccc(Oc2cnc(NCCCN)nc2)c1. The Morgan fingerprint density at radius 2 is 2.00 bits per heavy atom. The highest BCUT2D eigenvalue weighted by atomic mass is 16.5. The third-order valence-electron chi connectivity index (χ3n) is 2.52. The Balaban J connectivity index is 1.95. The molecule has 1 aromatic heterocycles. The van der Waals surface area contributed by atoms with Crippen molar-refractivity contribution in [1.82, 2.24) is 9.97 Å². The molecule has 0 aliphatic rings. The fourth-order valence-electron chi connectivity index (χ4n) is 1.58. The van der Waals surface area contributed by atoms with Crippen molar-refractivity contribution < 1.29 is 4.74 Å². The largest absolute Gasteiger partial charge is 0.454 e. The van der Waals surface area contributed by atoms with Crippen LogP contribution in [0.15, 0.2) is 36.7 Å². The lowest BCUT2D eigenvalue weighted by Crippen LogP contribution is -2.10. The molecule has 0 saturated heterocycles. The molecule has 0 spiro atoms. The first-order chi connectivity index (χ1) is 9.28. The normalized spacial score (nSPS) is 10.2. The highest BCUT2D eigenvalue weighted by Crippen LogP contribution is 2.20. The van der Waals surface area contributed by atoms with E-state index in [1.54, 1.807) is 12.4 Å². The topological polar surface area (TPSA) is 73.1 Å². The lowest BCUT2D eigenvalue weighted by atomic mass is 10.2. The third-order valence-corrected chi connectivity index (χ3v) is 2.52. The Kier molecular flexibility index (Phi) is 4.69. The van der Waals surface area contributed by atoms with Gasteiger partial charge in [-0.2, -0.15) is 0 Å². The summed E-state index contributed by atoms with van der Waals surface area (Å²) in [7, 11) is 0. The molecule has 5 nitrogen and oxygen atoms in total. The molecule has 0 bridgehead atoms. The number of aryl methyl sites for hydroxylation is 1. The Morgan fingerprint density at radius 1 is 1.21 bits per heavy atom. The average molecular weight is 258 g/mol. The highest BCUT2D eigenvalue weighted by Gasteiger charge is 2.00. The molecule has 0 atom stereocenters. The van der Waals surface area contributed by atoms with E-state index >= 15 is 0 Å². The molecule has 1 heterocycles. The van der Waals surface area contributed by atoms with Gasteiger partial charge in [0.15, 0.2) is 5.75 Å². The number of nitrogens with one attached hydrogen (secondary N) is 1. The fourth-order valence-corrected chi connectivity index (χ4v) is 1.58. The minimum Gasteiger partial charge on any atom is -0.454 e. The van der Waals surface area contributed by atoms with Gasteiger partial charge < -0.3 is 15.8 Å². The second-order valence-electron chi connectivity index (χ2n) is 4.23. The van der Waals surface area contributed by atoms with Crippen molar-refractivity contribution in [2.75, 3.05) is 18.4 Å². The summed E-state index contributed by atoms with van der Waals surface area (Å²) < 4.78 is 5.67. The van der Waals surface area contributed by atoms with E-state index in [0.29, 0.717) is 18.2 Å². The van der Waals surface area contributed by atoms with Gasteiger partial charge in [-0.25, -0.2) is 9.97 Å². The van der Waals surface area contributed by atoms with Crippen LogP contribution in [0.5, 0.6) is 11.5 Å². The number of ether oxygens (including phenoxy) is 1. The molecule has 0 fully saturated rings. The van der Waals surface area contributed by atoms with Crippen molar-refractivity contribution in [1.29, 1.82) is 0 Å². The van der Waals surface area contributed by atoms with Gasteiger partial charge in [0.05, 0.1) is 12.4 Å². The number of benzene rings is 1. The van der Waals surface area contributed by atoms with Gasteiger partial charge >= 0.3 is 0 Å². The van der Waals surface area contributed by atoms with Crippen LogP contribution in [0.2, 0.25) is 0 Å². The summed E-state index contributed by atoms with van der Waals surface area (Å²) in [6.07, 6.45) is 4.20. The summed E-state index contributed by atoms with van der Waals surface area (Å²) in [5.41, 5.74) is 6.57. The van der Waals surface area contributed by atoms with Crippen LogP contribution in [0.25, 0.3) is 0 Å². The molecule has 5 heteroatoms. The standard InChI is InChI=1S/C14H18N4O/c1-11-4-2-5-12(8-11)19-13-9-17-14(18-10-13)16-7-3-6-15/h2,4-5,8-10H,3,6-7,15H2,1H3,(H,16,17,18).